The van der Waals surface area contributed by atoms with Gasteiger partial charge in [-0.3, -0.25) is 4.79 Å². The molecule has 0 aliphatic heterocycles. The second-order valence-corrected chi connectivity index (χ2v) is 8.17. The summed E-state index contributed by atoms with van der Waals surface area (Å²) in [5.74, 6) is 2.04. The van der Waals surface area contributed by atoms with Gasteiger partial charge in [0, 0.05) is 17.9 Å². The Hall–Kier alpha value is -3.67. The lowest BCUT2D eigenvalue weighted by molar-refractivity contribution is -0.116. The number of amides is 1. The monoisotopic (exact) mass is 428 g/mol. The van der Waals surface area contributed by atoms with Crippen molar-refractivity contribution in [3.63, 3.8) is 0 Å². The zero-order valence-corrected chi connectivity index (χ0v) is 19.0. The number of rotatable bonds is 7. The summed E-state index contributed by atoms with van der Waals surface area (Å²) in [5, 5.41) is 8.70. The average Bonchev–Trinajstić information content (AvgIpc) is 3.12. The summed E-state index contributed by atoms with van der Waals surface area (Å²) in [4.78, 5) is 17.4. The number of hydrogen-bond donors (Lipinski definition) is 1. The van der Waals surface area contributed by atoms with Gasteiger partial charge < -0.3 is 10.1 Å². The van der Waals surface area contributed by atoms with E-state index in [0.717, 1.165) is 33.5 Å². The van der Waals surface area contributed by atoms with E-state index >= 15 is 0 Å². The molecule has 1 amide bonds. The van der Waals surface area contributed by atoms with Gasteiger partial charge in [-0.15, -0.1) is 0 Å². The van der Waals surface area contributed by atoms with Crippen LogP contribution in [0.25, 0.3) is 16.7 Å². The third kappa shape index (κ3) is 4.80. The molecule has 6 nitrogen and oxygen atoms in total. The first-order chi connectivity index (χ1) is 15.4. The number of ether oxygens (including phenoxy) is 1. The van der Waals surface area contributed by atoms with Crippen molar-refractivity contribution in [3.05, 3.63) is 77.0 Å². The molecule has 0 aliphatic carbocycles. The number of aromatic nitrogens is 3. The van der Waals surface area contributed by atoms with Crippen molar-refractivity contribution in [2.75, 3.05) is 11.9 Å². The molecule has 0 saturated carbocycles. The lowest BCUT2D eigenvalue weighted by Crippen LogP contribution is -2.16. The van der Waals surface area contributed by atoms with Crippen LogP contribution in [0.15, 0.2) is 54.6 Å². The zero-order chi connectivity index (χ0) is 22.7. The highest BCUT2D eigenvalue weighted by Gasteiger charge is 2.14. The van der Waals surface area contributed by atoms with Gasteiger partial charge in [0.25, 0.3) is 0 Å². The van der Waals surface area contributed by atoms with Crippen LogP contribution in [-0.4, -0.2) is 27.3 Å². The first kappa shape index (κ1) is 21.6. The summed E-state index contributed by atoms with van der Waals surface area (Å²) < 4.78 is 7.38. The van der Waals surface area contributed by atoms with Crippen molar-refractivity contribution in [2.45, 2.75) is 40.5 Å². The second kappa shape index (κ2) is 9.22. The minimum absolute atomic E-state index is 0.0767. The van der Waals surface area contributed by atoms with E-state index in [1.807, 2.05) is 49.4 Å². The molecule has 4 aromatic rings. The molecule has 6 heteroatoms. The van der Waals surface area contributed by atoms with Crippen LogP contribution in [0.3, 0.4) is 0 Å². The minimum atomic E-state index is -0.0767. The molecule has 0 aliphatic rings. The van der Waals surface area contributed by atoms with Gasteiger partial charge in [0.1, 0.15) is 11.6 Å². The topological polar surface area (TPSA) is 69.0 Å². The Morgan fingerprint density at radius 2 is 1.78 bits per heavy atom. The van der Waals surface area contributed by atoms with Gasteiger partial charge >= 0.3 is 0 Å². The SMILES string of the molecule is Cc1cc(C)c2nc(-n3nc(C)cc3NC(=O)CCCOc3ccccc3)cc(C)c2c1. The fraction of sp³-hybridized carbons (Fsp3) is 0.269. The van der Waals surface area contributed by atoms with Gasteiger partial charge in [-0.25, -0.2) is 4.98 Å². The predicted octanol–water partition coefficient (Wildman–Crippen LogP) is 5.45. The van der Waals surface area contributed by atoms with Crippen LogP contribution in [-0.2, 0) is 4.79 Å². The number of aryl methyl sites for hydroxylation is 4. The summed E-state index contributed by atoms with van der Waals surface area (Å²) >= 11 is 0. The van der Waals surface area contributed by atoms with Gasteiger partial charge in [-0.1, -0.05) is 29.8 Å². The molecule has 1 N–H and O–H groups in total. The number of carbonyl (C=O) groups is 1. The Labute approximate surface area is 188 Å². The first-order valence-corrected chi connectivity index (χ1v) is 10.8. The molecule has 2 aromatic heterocycles. The molecular formula is C26H28N4O2. The van der Waals surface area contributed by atoms with Gasteiger partial charge in [0.2, 0.25) is 5.91 Å². The molecule has 0 radical (unpaired) electrons. The van der Waals surface area contributed by atoms with Crippen LogP contribution in [0.5, 0.6) is 5.75 Å². The van der Waals surface area contributed by atoms with Crippen LogP contribution < -0.4 is 10.1 Å². The van der Waals surface area contributed by atoms with Crippen LogP contribution in [0, 0.1) is 27.7 Å². The molecule has 0 atom stereocenters. The molecule has 4 rings (SSSR count). The average molecular weight is 429 g/mol. The number of anilines is 1. The molecule has 2 heterocycles. The van der Waals surface area contributed by atoms with Gasteiger partial charge in [-0.2, -0.15) is 9.78 Å². The van der Waals surface area contributed by atoms with Crippen molar-refractivity contribution in [1.82, 2.24) is 14.8 Å². The number of nitrogens with one attached hydrogen (secondary N) is 1. The molecule has 0 unspecified atom stereocenters. The van der Waals surface area contributed by atoms with E-state index in [9.17, 15) is 4.79 Å². The summed E-state index contributed by atoms with van der Waals surface area (Å²) in [7, 11) is 0. The third-order valence-corrected chi connectivity index (χ3v) is 5.32. The number of fused-ring (bicyclic) bond motifs is 1. The number of carbonyl (C=O) groups excluding carboxylic acids is 1. The van der Waals surface area contributed by atoms with Crippen LogP contribution in [0.4, 0.5) is 5.82 Å². The Kier molecular flexibility index (Phi) is 6.21. The highest BCUT2D eigenvalue weighted by atomic mass is 16.5. The standard InChI is InChI=1S/C26H28N4O2/c1-17-13-19(3)26-22(14-17)18(2)15-23(28-26)30-24(16-20(4)29-30)27-25(31)11-8-12-32-21-9-6-5-7-10-21/h5-7,9-10,13-16H,8,11-12H2,1-4H3,(H,27,31). The van der Waals surface area contributed by atoms with E-state index in [1.54, 1.807) is 4.68 Å². The quantitative estimate of drug-likeness (QED) is 0.397. The molecule has 164 valence electrons. The maximum atomic E-state index is 12.6. The Morgan fingerprint density at radius 1 is 1.00 bits per heavy atom. The maximum absolute atomic E-state index is 12.6. The second-order valence-electron chi connectivity index (χ2n) is 8.17. The number of nitrogens with zero attached hydrogens (tertiary/aromatic N) is 3. The van der Waals surface area contributed by atoms with Crippen LogP contribution in [0.2, 0.25) is 0 Å². The lowest BCUT2D eigenvalue weighted by Gasteiger charge is -2.12. The molecular weight excluding hydrogens is 400 g/mol. The van der Waals surface area contributed by atoms with E-state index in [-0.39, 0.29) is 5.91 Å². The van der Waals surface area contributed by atoms with E-state index in [2.05, 4.69) is 43.3 Å². The maximum Gasteiger partial charge on any atom is 0.225 e. The molecule has 32 heavy (non-hydrogen) atoms. The normalized spacial score (nSPS) is 11.0. The predicted molar refractivity (Wildman–Crippen MR) is 128 cm³/mol. The van der Waals surface area contributed by atoms with Gasteiger partial charge in [-0.05, 0) is 69.5 Å². The summed E-state index contributed by atoms with van der Waals surface area (Å²) in [6, 6.07) is 17.8. The van der Waals surface area contributed by atoms with Crippen molar-refractivity contribution in [3.8, 4) is 11.6 Å². The third-order valence-electron chi connectivity index (χ3n) is 5.32. The Bertz CT molecular complexity index is 1260. The van der Waals surface area contributed by atoms with Crippen LogP contribution in [0.1, 0.15) is 35.2 Å². The molecule has 0 fully saturated rings. The van der Waals surface area contributed by atoms with Gasteiger partial charge in [0.15, 0.2) is 5.82 Å². The van der Waals surface area contributed by atoms with E-state index in [0.29, 0.717) is 31.1 Å². The zero-order valence-electron chi connectivity index (χ0n) is 19.0. The van der Waals surface area contributed by atoms with E-state index in [4.69, 9.17) is 9.72 Å². The Balaban J connectivity index is 1.49. The molecule has 2 aromatic carbocycles. The first-order valence-electron chi connectivity index (χ1n) is 10.8. The van der Waals surface area contributed by atoms with Crippen molar-refractivity contribution in [1.29, 1.82) is 0 Å². The lowest BCUT2D eigenvalue weighted by atomic mass is 10.0. The van der Waals surface area contributed by atoms with E-state index < -0.39 is 0 Å². The highest BCUT2D eigenvalue weighted by Crippen LogP contribution is 2.26. The highest BCUT2D eigenvalue weighted by molar-refractivity contribution is 5.90. The van der Waals surface area contributed by atoms with E-state index in [1.165, 1.54) is 5.56 Å². The molecule has 0 spiro atoms. The minimum Gasteiger partial charge on any atom is -0.494 e. The fourth-order valence-corrected chi connectivity index (χ4v) is 3.84. The smallest absolute Gasteiger partial charge is 0.225 e. The number of para-hydroxylation sites is 1. The van der Waals surface area contributed by atoms with Crippen LogP contribution >= 0.6 is 0 Å². The molecule has 0 bridgehead atoms. The number of benzene rings is 2. The summed E-state index contributed by atoms with van der Waals surface area (Å²) in [6.45, 7) is 8.63. The fourth-order valence-electron chi connectivity index (χ4n) is 3.84. The summed E-state index contributed by atoms with van der Waals surface area (Å²) in [5.41, 5.74) is 5.23. The number of hydrogen-bond acceptors (Lipinski definition) is 4. The van der Waals surface area contributed by atoms with Crippen molar-refractivity contribution >= 4 is 22.6 Å². The molecule has 0 saturated heterocycles. The number of pyridine rings is 1. The Morgan fingerprint density at radius 3 is 2.56 bits per heavy atom. The largest absolute Gasteiger partial charge is 0.494 e. The summed E-state index contributed by atoms with van der Waals surface area (Å²) in [6.07, 6.45) is 0.985. The van der Waals surface area contributed by atoms with Crippen molar-refractivity contribution < 1.29 is 9.53 Å². The van der Waals surface area contributed by atoms with Gasteiger partial charge in [0.05, 0.1) is 17.8 Å². The van der Waals surface area contributed by atoms with Crippen molar-refractivity contribution in [2.24, 2.45) is 0 Å².